The van der Waals surface area contributed by atoms with E-state index in [1.807, 2.05) is 0 Å². The molecule has 3 N–H and O–H groups in total. The van der Waals surface area contributed by atoms with E-state index in [1.54, 1.807) is 0 Å². The maximum absolute atomic E-state index is 13.9. The van der Waals surface area contributed by atoms with Crippen molar-refractivity contribution >= 4 is 39.3 Å². The molecule has 0 aliphatic carbocycles. The second-order valence-corrected chi connectivity index (χ2v) is 8.77. The van der Waals surface area contributed by atoms with Crippen LogP contribution in [0.2, 0.25) is 5.02 Å². The predicted octanol–water partition coefficient (Wildman–Crippen LogP) is 2.65. The van der Waals surface area contributed by atoms with Crippen molar-refractivity contribution in [2.24, 2.45) is 5.73 Å². The summed E-state index contributed by atoms with van der Waals surface area (Å²) in [5, 5.41) is 10.2. The van der Waals surface area contributed by atoms with Crippen LogP contribution in [0.3, 0.4) is 0 Å². The van der Waals surface area contributed by atoms with Gasteiger partial charge in [0.2, 0.25) is 0 Å². The van der Waals surface area contributed by atoms with E-state index in [0.29, 0.717) is 5.02 Å². The fraction of sp³-hybridized carbons (Fsp3) is 0.188. The third kappa shape index (κ3) is 5.79. The predicted molar refractivity (Wildman–Crippen MR) is 98.9 cm³/mol. The van der Waals surface area contributed by atoms with E-state index in [0.717, 1.165) is 23.9 Å². The summed E-state index contributed by atoms with van der Waals surface area (Å²) in [5.41, 5.74) is 4.85. The fourth-order valence-electron chi connectivity index (χ4n) is 1.99. The Morgan fingerprint density at radius 1 is 1.21 bits per heavy atom. The van der Waals surface area contributed by atoms with Crippen molar-refractivity contribution in [1.29, 1.82) is 0 Å². The maximum Gasteiger partial charge on any atom is 0.264 e. The van der Waals surface area contributed by atoms with Crippen molar-refractivity contribution in [1.82, 2.24) is 4.47 Å². The van der Waals surface area contributed by atoms with E-state index >= 15 is 0 Å². The van der Waals surface area contributed by atoms with E-state index in [9.17, 15) is 27.2 Å². The molecule has 28 heavy (non-hydrogen) atoms. The molecule has 0 aliphatic heterocycles. The highest BCUT2D eigenvalue weighted by atomic mass is 35.5. The van der Waals surface area contributed by atoms with Crippen molar-refractivity contribution in [2.45, 2.75) is 9.79 Å². The van der Waals surface area contributed by atoms with Gasteiger partial charge in [-0.3, -0.25) is 10.0 Å². The Labute approximate surface area is 169 Å². The molecule has 7 nitrogen and oxygen atoms in total. The van der Waals surface area contributed by atoms with Gasteiger partial charge < -0.3 is 10.5 Å². The van der Waals surface area contributed by atoms with Gasteiger partial charge in [-0.05, 0) is 36.4 Å². The van der Waals surface area contributed by atoms with Crippen molar-refractivity contribution in [3.05, 3.63) is 53.1 Å². The summed E-state index contributed by atoms with van der Waals surface area (Å²) in [5.74, 6) is -3.71. The first kappa shape index (κ1) is 22.4. The number of hydrogen-bond donors (Lipinski definition) is 2. The van der Waals surface area contributed by atoms with Crippen molar-refractivity contribution in [2.75, 3.05) is 18.9 Å². The third-order valence-electron chi connectivity index (χ3n) is 3.27. The van der Waals surface area contributed by atoms with Gasteiger partial charge in [0, 0.05) is 15.7 Å². The number of sulfonamides is 1. The molecule has 0 fully saturated rings. The Balaban J connectivity index is 1.98. The fourth-order valence-corrected chi connectivity index (χ4v) is 4.16. The largest absolute Gasteiger partial charge is 0.478 e. The van der Waals surface area contributed by atoms with E-state index in [1.165, 1.54) is 24.3 Å². The van der Waals surface area contributed by atoms with Crippen LogP contribution < -0.4 is 10.5 Å². The molecule has 152 valence electrons. The van der Waals surface area contributed by atoms with Gasteiger partial charge in [-0.25, -0.2) is 17.2 Å². The van der Waals surface area contributed by atoms with E-state index < -0.39 is 39.9 Å². The summed E-state index contributed by atoms with van der Waals surface area (Å²) in [6.45, 7) is -1.01. The van der Waals surface area contributed by atoms with E-state index in [-0.39, 0.29) is 26.6 Å². The molecule has 0 aliphatic rings. The number of thioether (sulfide) groups is 1. The number of ether oxygens (including phenoxy) is 1. The van der Waals surface area contributed by atoms with Gasteiger partial charge in [-0.15, -0.1) is 11.8 Å². The summed E-state index contributed by atoms with van der Waals surface area (Å²) in [7, 11) is -4.14. The number of amides is 1. The maximum atomic E-state index is 13.9. The minimum atomic E-state index is -4.14. The Hall–Kier alpha value is -1.92. The molecule has 1 amide bonds. The zero-order chi connectivity index (χ0) is 20.9. The van der Waals surface area contributed by atoms with Gasteiger partial charge in [0.25, 0.3) is 15.9 Å². The summed E-state index contributed by atoms with van der Waals surface area (Å²) in [6.07, 6.45) is 0. The lowest BCUT2D eigenvalue weighted by atomic mass is 10.3. The molecule has 2 aromatic carbocycles. The highest BCUT2D eigenvalue weighted by molar-refractivity contribution is 7.99. The van der Waals surface area contributed by atoms with Crippen LogP contribution >= 0.6 is 23.4 Å². The number of carbonyl (C=O) groups excluding carboxylic acids is 1. The van der Waals surface area contributed by atoms with Gasteiger partial charge in [-0.1, -0.05) is 16.1 Å². The summed E-state index contributed by atoms with van der Waals surface area (Å²) >= 11 is 6.61. The number of benzene rings is 2. The van der Waals surface area contributed by atoms with Crippen LogP contribution in [0.5, 0.6) is 5.75 Å². The average molecular weight is 453 g/mol. The average Bonchev–Trinajstić information content (AvgIpc) is 2.61. The normalized spacial score (nSPS) is 11.6. The lowest BCUT2D eigenvalue weighted by molar-refractivity contribution is -0.120. The van der Waals surface area contributed by atoms with Crippen LogP contribution in [0.15, 0.2) is 46.2 Å². The Kier molecular flexibility index (Phi) is 7.61. The first-order valence-corrected chi connectivity index (χ1v) is 10.4. The molecule has 0 atom stereocenters. The monoisotopic (exact) mass is 452 g/mol. The Morgan fingerprint density at radius 3 is 2.32 bits per heavy atom. The topological polar surface area (TPSA) is 110 Å². The van der Waals surface area contributed by atoms with Crippen LogP contribution in [0.1, 0.15) is 0 Å². The molecule has 0 heterocycles. The van der Waals surface area contributed by atoms with Crippen LogP contribution in [0.4, 0.5) is 8.78 Å². The second-order valence-electron chi connectivity index (χ2n) is 5.32. The third-order valence-corrected chi connectivity index (χ3v) is 6.08. The zero-order valence-corrected chi connectivity index (χ0v) is 16.5. The number of nitrogens with two attached hydrogens (primary N) is 1. The molecule has 12 heteroatoms. The first-order chi connectivity index (χ1) is 13.1. The Bertz CT molecular complexity index is 935. The second kappa shape index (κ2) is 9.52. The summed E-state index contributed by atoms with van der Waals surface area (Å²) in [6, 6.07) is 7.13. The highest BCUT2D eigenvalue weighted by Crippen LogP contribution is 2.29. The molecular formula is C16H15ClF2N2O5S2. The number of primary amides is 1. The van der Waals surface area contributed by atoms with Gasteiger partial charge >= 0.3 is 0 Å². The van der Waals surface area contributed by atoms with Gasteiger partial charge in [0.05, 0.1) is 11.4 Å². The number of hydroxylamine groups is 1. The van der Waals surface area contributed by atoms with Crippen LogP contribution in [0.25, 0.3) is 0 Å². The molecule has 0 aromatic heterocycles. The SMILES string of the molecule is NC(=O)COc1c(F)cc(SCCN(O)S(=O)(=O)c2ccc(Cl)cc2)cc1F. The lowest BCUT2D eigenvalue weighted by Crippen LogP contribution is -2.29. The van der Waals surface area contributed by atoms with Crippen LogP contribution in [-0.4, -0.2) is 42.9 Å². The minimum Gasteiger partial charge on any atom is -0.478 e. The molecule has 2 rings (SSSR count). The number of carbonyl (C=O) groups is 1. The molecule has 0 spiro atoms. The Morgan fingerprint density at radius 2 is 1.79 bits per heavy atom. The number of hydrogen-bond acceptors (Lipinski definition) is 6. The quantitative estimate of drug-likeness (QED) is 0.447. The van der Waals surface area contributed by atoms with Gasteiger partial charge in [0.15, 0.2) is 24.0 Å². The number of halogens is 3. The van der Waals surface area contributed by atoms with E-state index in [4.69, 9.17) is 17.3 Å². The number of rotatable bonds is 9. The molecule has 0 saturated carbocycles. The lowest BCUT2D eigenvalue weighted by Gasteiger charge is -2.15. The van der Waals surface area contributed by atoms with Crippen LogP contribution in [0, 0.1) is 11.6 Å². The summed E-state index contributed by atoms with van der Waals surface area (Å²) in [4.78, 5) is 10.6. The van der Waals surface area contributed by atoms with Crippen molar-refractivity contribution in [3.63, 3.8) is 0 Å². The molecule has 0 unspecified atom stereocenters. The van der Waals surface area contributed by atoms with E-state index in [2.05, 4.69) is 4.74 Å². The van der Waals surface area contributed by atoms with Gasteiger partial charge in [0.1, 0.15) is 0 Å². The highest BCUT2D eigenvalue weighted by Gasteiger charge is 2.22. The summed E-state index contributed by atoms with van der Waals surface area (Å²) < 4.78 is 57.0. The zero-order valence-electron chi connectivity index (χ0n) is 14.1. The van der Waals surface area contributed by atoms with Gasteiger partial charge in [-0.2, -0.15) is 0 Å². The molecule has 0 bridgehead atoms. The first-order valence-electron chi connectivity index (χ1n) is 7.61. The molecular weight excluding hydrogens is 438 g/mol. The van der Waals surface area contributed by atoms with Crippen LogP contribution in [-0.2, 0) is 14.8 Å². The smallest absolute Gasteiger partial charge is 0.264 e. The molecule has 2 aromatic rings. The minimum absolute atomic E-state index is 0.00366. The molecule has 0 radical (unpaired) electrons. The number of nitrogens with zero attached hydrogens (tertiary/aromatic N) is 1. The van der Waals surface area contributed by atoms with Crippen molar-refractivity contribution < 1.29 is 31.9 Å². The molecule has 0 saturated heterocycles. The standard InChI is InChI=1S/C16H15ClF2N2O5S2/c17-10-1-3-12(4-2-10)28(24,25)21(23)5-6-27-11-7-13(18)16(14(19)8-11)26-9-15(20)22/h1-4,7-8,23H,5-6,9H2,(H2,20,22). The van der Waals surface area contributed by atoms with Crippen molar-refractivity contribution in [3.8, 4) is 5.75 Å².